The molecule has 2 heterocycles. The van der Waals surface area contributed by atoms with Crippen molar-refractivity contribution in [2.24, 2.45) is 11.8 Å². The van der Waals surface area contributed by atoms with Crippen LogP contribution in [0.25, 0.3) is 11.4 Å². The molecule has 1 aliphatic heterocycles. The fourth-order valence-electron chi connectivity index (χ4n) is 3.95. The summed E-state index contributed by atoms with van der Waals surface area (Å²) in [4.78, 5) is 14.7. The molecule has 1 aliphatic carbocycles. The second-order valence-corrected chi connectivity index (χ2v) is 8.86. The van der Waals surface area contributed by atoms with Crippen molar-refractivity contribution in [3.8, 4) is 11.4 Å². The molecule has 144 valence electrons. The van der Waals surface area contributed by atoms with Gasteiger partial charge in [0.1, 0.15) is 5.82 Å². The number of carbonyl (C=O) groups excluding carboxylic acids is 1. The number of hydrogen-bond acceptors (Lipinski definition) is 4. The van der Waals surface area contributed by atoms with Crippen LogP contribution in [-0.4, -0.2) is 44.4 Å². The molecule has 1 aromatic heterocycles. The van der Waals surface area contributed by atoms with Gasteiger partial charge in [-0.2, -0.15) is 0 Å². The van der Waals surface area contributed by atoms with E-state index in [1.807, 2.05) is 9.47 Å². The number of likely N-dealkylation sites (tertiary alicyclic amines) is 1. The highest BCUT2D eigenvalue weighted by molar-refractivity contribution is 7.99. The molecule has 0 spiro atoms. The van der Waals surface area contributed by atoms with E-state index in [1.165, 1.54) is 24.2 Å². The number of thioether (sulfide) groups is 1. The maximum absolute atomic E-state index is 14.2. The minimum atomic E-state index is -0.296. The molecule has 2 fully saturated rings. The van der Waals surface area contributed by atoms with Gasteiger partial charge in [0.15, 0.2) is 11.0 Å². The second-order valence-electron chi connectivity index (χ2n) is 7.92. The fourth-order valence-corrected chi connectivity index (χ4v) is 4.86. The molecule has 1 aromatic carbocycles. The van der Waals surface area contributed by atoms with E-state index >= 15 is 0 Å². The Morgan fingerprint density at radius 1 is 1.19 bits per heavy atom. The number of amides is 1. The summed E-state index contributed by atoms with van der Waals surface area (Å²) in [6.45, 7) is 6.07. The van der Waals surface area contributed by atoms with Crippen LogP contribution < -0.4 is 0 Å². The predicted octanol–water partition coefficient (Wildman–Crippen LogP) is 4.02. The van der Waals surface area contributed by atoms with Crippen molar-refractivity contribution in [3.63, 3.8) is 0 Å². The monoisotopic (exact) mass is 388 g/mol. The number of halogens is 1. The maximum Gasteiger partial charge on any atom is 0.233 e. The number of piperidine rings is 1. The van der Waals surface area contributed by atoms with Gasteiger partial charge in [-0.1, -0.05) is 37.7 Å². The highest BCUT2D eigenvalue weighted by atomic mass is 32.2. The third kappa shape index (κ3) is 4.03. The van der Waals surface area contributed by atoms with Gasteiger partial charge >= 0.3 is 0 Å². The van der Waals surface area contributed by atoms with Gasteiger partial charge in [0.25, 0.3) is 0 Å². The summed E-state index contributed by atoms with van der Waals surface area (Å²) in [7, 11) is 0. The van der Waals surface area contributed by atoms with Crippen LogP contribution in [0.15, 0.2) is 29.4 Å². The highest BCUT2D eigenvalue weighted by Crippen LogP contribution is 2.41. The quantitative estimate of drug-likeness (QED) is 0.726. The lowest BCUT2D eigenvalue weighted by Crippen LogP contribution is -2.43. The number of rotatable bonds is 5. The van der Waals surface area contributed by atoms with Crippen molar-refractivity contribution >= 4 is 17.7 Å². The predicted molar refractivity (Wildman–Crippen MR) is 104 cm³/mol. The molecule has 1 amide bonds. The van der Waals surface area contributed by atoms with Crippen LogP contribution in [0.2, 0.25) is 0 Å². The van der Waals surface area contributed by atoms with Gasteiger partial charge in [-0.3, -0.25) is 9.36 Å². The number of hydrogen-bond donors (Lipinski definition) is 0. The van der Waals surface area contributed by atoms with E-state index in [4.69, 9.17) is 0 Å². The van der Waals surface area contributed by atoms with Gasteiger partial charge in [0.05, 0.1) is 11.3 Å². The smallest absolute Gasteiger partial charge is 0.233 e. The summed E-state index contributed by atoms with van der Waals surface area (Å²) in [6.07, 6.45) is 3.27. The summed E-state index contributed by atoms with van der Waals surface area (Å²) in [6, 6.07) is 6.96. The van der Waals surface area contributed by atoms with E-state index in [9.17, 15) is 9.18 Å². The van der Waals surface area contributed by atoms with Crippen LogP contribution in [0.5, 0.6) is 0 Å². The molecule has 0 N–H and O–H groups in total. The standard InChI is InChI=1S/C20H25FN4OS/c1-13-9-14(2)11-24(10-13)18(26)12-27-20-23-22-19(25(20)15-7-8-15)16-5-3-4-6-17(16)21/h3-6,13-15H,7-12H2,1-2H3. The maximum atomic E-state index is 14.2. The Bertz CT molecular complexity index is 825. The van der Waals surface area contributed by atoms with Gasteiger partial charge < -0.3 is 4.90 Å². The minimum absolute atomic E-state index is 0.149. The van der Waals surface area contributed by atoms with Crippen LogP contribution in [-0.2, 0) is 4.79 Å². The molecular formula is C20H25FN4OS. The normalized spacial score (nSPS) is 22.9. The first-order valence-corrected chi connectivity index (χ1v) is 10.6. The SMILES string of the molecule is CC1CC(C)CN(C(=O)CSc2nnc(-c3ccccc3F)n2C2CC2)C1. The third-order valence-corrected chi connectivity index (χ3v) is 6.17. The molecule has 0 radical (unpaired) electrons. The summed E-state index contributed by atoms with van der Waals surface area (Å²) >= 11 is 1.42. The molecule has 2 atom stereocenters. The lowest BCUT2D eigenvalue weighted by atomic mass is 9.92. The lowest BCUT2D eigenvalue weighted by Gasteiger charge is -2.35. The highest BCUT2D eigenvalue weighted by Gasteiger charge is 2.32. The molecule has 1 saturated carbocycles. The first-order valence-electron chi connectivity index (χ1n) is 9.63. The molecule has 4 rings (SSSR count). The average Bonchev–Trinajstić information content (AvgIpc) is 3.39. The van der Waals surface area contributed by atoms with Gasteiger partial charge in [0.2, 0.25) is 5.91 Å². The van der Waals surface area contributed by atoms with Crippen LogP contribution in [0.4, 0.5) is 4.39 Å². The number of aromatic nitrogens is 3. The van der Waals surface area contributed by atoms with Crippen LogP contribution in [0.3, 0.4) is 0 Å². The Hall–Kier alpha value is -1.89. The first kappa shape index (κ1) is 18.5. The first-order chi connectivity index (χ1) is 13.0. The van der Waals surface area contributed by atoms with Crippen LogP contribution in [0.1, 0.15) is 39.2 Å². The number of benzene rings is 1. The minimum Gasteiger partial charge on any atom is -0.341 e. The van der Waals surface area contributed by atoms with E-state index in [1.54, 1.807) is 18.2 Å². The number of nitrogens with zero attached hydrogens (tertiary/aromatic N) is 4. The second kappa shape index (κ2) is 7.62. The summed E-state index contributed by atoms with van der Waals surface area (Å²) in [5.74, 6) is 1.86. The Labute approximate surface area is 163 Å². The zero-order valence-corrected chi connectivity index (χ0v) is 16.6. The van der Waals surface area contributed by atoms with E-state index in [-0.39, 0.29) is 11.7 Å². The van der Waals surface area contributed by atoms with E-state index in [0.29, 0.717) is 40.2 Å². The summed E-state index contributed by atoms with van der Waals surface area (Å²) in [5, 5.41) is 9.24. The van der Waals surface area contributed by atoms with Crippen molar-refractivity contribution in [2.75, 3.05) is 18.8 Å². The van der Waals surface area contributed by atoms with Crippen molar-refractivity contribution in [1.29, 1.82) is 0 Å². The van der Waals surface area contributed by atoms with E-state index < -0.39 is 0 Å². The Kier molecular flexibility index (Phi) is 5.21. The van der Waals surface area contributed by atoms with Gasteiger partial charge in [0, 0.05) is 19.1 Å². The summed E-state index contributed by atoms with van der Waals surface area (Å²) < 4.78 is 16.2. The molecule has 1 saturated heterocycles. The molecule has 7 heteroatoms. The Balaban J connectivity index is 1.50. The van der Waals surface area contributed by atoms with Crippen LogP contribution >= 0.6 is 11.8 Å². The molecule has 2 aromatic rings. The third-order valence-electron chi connectivity index (χ3n) is 5.24. The van der Waals surface area contributed by atoms with Gasteiger partial charge in [-0.05, 0) is 43.2 Å². The zero-order chi connectivity index (χ0) is 19.0. The van der Waals surface area contributed by atoms with E-state index in [0.717, 1.165) is 25.9 Å². The largest absolute Gasteiger partial charge is 0.341 e. The van der Waals surface area contributed by atoms with E-state index in [2.05, 4.69) is 24.0 Å². The topological polar surface area (TPSA) is 51.0 Å². The van der Waals surface area contributed by atoms with Crippen molar-refractivity contribution in [2.45, 2.75) is 44.3 Å². The Morgan fingerprint density at radius 2 is 1.89 bits per heavy atom. The molecule has 5 nitrogen and oxygen atoms in total. The number of carbonyl (C=O) groups is 1. The fraction of sp³-hybridized carbons (Fsp3) is 0.550. The van der Waals surface area contributed by atoms with Crippen molar-refractivity contribution in [1.82, 2.24) is 19.7 Å². The molecule has 2 aliphatic rings. The lowest BCUT2D eigenvalue weighted by molar-refractivity contribution is -0.130. The van der Waals surface area contributed by atoms with Crippen molar-refractivity contribution in [3.05, 3.63) is 30.1 Å². The average molecular weight is 389 g/mol. The zero-order valence-electron chi connectivity index (χ0n) is 15.8. The molecule has 2 unspecified atom stereocenters. The summed E-state index contributed by atoms with van der Waals surface area (Å²) in [5.41, 5.74) is 0.466. The molecule has 0 bridgehead atoms. The van der Waals surface area contributed by atoms with Gasteiger partial charge in [-0.15, -0.1) is 10.2 Å². The van der Waals surface area contributed by atoms with Crippen molar-refractivity contribution < 1.29 is 9.18 Å². The van der Waals surface area contributed by atoms with Gasteiger partial charge in [-0.25, -0.2) is 4.39 Å². The molecular weight excluding hydrogens is 363 g/mol. The molecule has 27 heavy (non-hydrogen) atoms. The Morgan fingerprint density at radius 3 is 2.56 bits per heavy atom. The van der Waals surface area contributed by atoms with Crippen LogP contribution in [0, 0.1) is 17.7 Å².